The Bertz CT molecular complexity index is 703. The van der Waals surface area contributed by atoms with Crippen LogP contribution in [0.15, 0.2) is 36.5 Å². The minimum atomic E-state index is 1.04. The number of aromatic nitrogens is 2. The summed E-state index contributed by atoms with van der Waals surface area (Å²) in [5.74, 6) is 1.31. The van der Waals surface area contributed by atoms with Gasteiger partial charge in [-0.3, -0.25) is 0 Å². The molecule has 0 bridgehead atoms. The van der Waals surface area contributed by atoms with Crippen LogP contribution in [-0.2, 0) is 25.8 Å². The molecule has 2 nitrogen and oxygen atoms in total. The van der Waals surface area contributed by atoms with Crippen LogP contribution in [0.4, 0.5) is 0 Å². The molecule has 0 saturated heterocycles. The Morgan fingerprint density at radius 2 is 1.09 bits per heavy atom. The molecule has 1 aromatic heterocycles. The van der Waals surface area contributed by atoms with E-state index in [1.54, 1.807) is 0 Å². The van der Waals surface area contributed by atoms with Crippen LogP contribution in [0.5, 0.6) is 0 Å². The topological polar surface area (TPSA) is 17.8 Å². The Labute approximate surface area is 212 Å². The highest BCUT2D eigenvalue weighted by Gasteiger charge is 2.07. The zero-order valence-corrected chi connectivity index (χ0v) is 22.7. The van der Waals surface area contributed by atoms with Crippen molar-refractivity contribution in [1.82, 2.24) is 9.55 Å². The smallest absolute Gasteiger partial charge is 0.108 e. The lowest BCUT2D eigenvalue weighted by Gasteiger charge is -2.05. The molecule has 0 spiro atoms. The van der Waals surface area contributed by atoms with Crippen molar-refractivity contribution >= 4 is 0 Å². The van der Waals surface area contributed by atoms with Crippen LogP contribution in [0, 0.1) is 0 Å². The maximum Gasteiger partial charge on any atom is 0.108 e. The van der Waals surface area contributed by atoms with Crippen molar-refractivity contribution in [1.29, 1.82) is 0 Å². The van der Waals surface area contributed by atoms with E-state index in [2.05, 4.69) is 54.9 Å². The number of imidazole rings is 1. The fourth-order valence-corrected chi connectivity index (χ4v) is 5.06. The molecule has 0 aliphatic carbocycles. The van der Waals surface area contributed by atoms with Gasteiger partial charge >= 0.3 is 0 Å². The van der Waals surface area contributed by atoms with Crippen LogP contribution in [0.25, 0.3) is 0 Å². The highest BCUT2D eigenvalue weighted by Crippen LogP contribution is 2.15. The fourth-order valence-electron chi connectivity index (χ4n) is 5.06. The number of nitrogens with zero attached hydrogens (tertiary/aromatic N) is 2. The van der Waals surface area contributed by atoms with Gasteiger partial charge in [0, 0.05) is 19.2 Å². The lowest BCUT2D eigenvalue weighted by atomic mass is 10.0. The second-order valence-corrected chi connectivity index (χ2v) is 10.3. The van der Waals surface area contributed by atoms with Gasteiger partial charge in [-0.05, 0) is 38.2 Å². The third-order valence-electron chi connectivity index (χ3n) is 7.24. The standard InChI is InChI=1S/C32H54N2/c1-3-5-6-7-8-9-10-11-12-13-14-15-16-17-18-22-28-32-33-31(29-34(32)4-2)27-23-26-30-24-20-19-21-25-30/h19-21,24-25,29H,3-18,22-23,26-28H2,1-2H3. The summed E-state index contributed by atoms with van der Waals surface area (Å²) in [6, 6.07) is 10.8. The van der Waals surface area contributed by atoms with Gasteiger partial charge in [-0.1, -0.05) is 134 Å². The summed E-state index contributed by atoms with van der Waals surface area (Å²) in [6.45, 7) is 5.58. The number of unbranched alkanes of at least 4 members (excludes halogenated alkanes) is 15. The van der Waals surface area contributed by atoms with Gasteiger partial charge in [-0.15, -0.1) is 0 Å². The molecule has 192 valence electrons. The third-order valence-corrected chi connectivity index (χ3v) is 7.24. The molecule has 2 rings (SSSR count). The van der Waals surface area contributed by atoms with E-state index in [4.69, 9.17) is 4.98 Å². The van der Waals surface area contributed by atoms with E-state index in [9.17, 15) is 0 Å². The molecule has 0 amide bonds. The van der Waals surface area contributed by atoms with Gasteiger partial charge < -0.3 is 4.57 Å². The predicted molar refractivity (Wildman–Crippen MR) is 150 cm³/mol. The van der Waals surface area contributed by atoms with Gasteiger partial charge in [0.2, 0.25) is 0 Å². The number of hydrogen-bond acceptors (Lipinski definition) is 1. The van der Waals surface area contributed by atoms with Gasteiger partial charge in [0.05, 0.1) is 5.69 Å². The maximum absolute atomic E-state index is 4.98. The van der Waals surface area contributed by atoms with Crippen LogP contribution in [0.1, 0.15) is 140 Å². The summed E-state index contributed by atoms with van der Waals surface area (Å²) in [5.41, 5.74) is 2.72. The predicted octanol–water partition coefficient (Wildman–Crippen LogP) is 9.88. The molecule has 0 fully saturated rings. The van der Waals surface area contributed by atoms with Crippen LogP contribution in [0.3, 0.4) is 0 Å². The number of benzene rings is 1. The van der Waals surface area contributed by atoms with E-state index in [0.29, 0.717) is 0 Å². The number of rotatable bonds is 22. The van der Waals surface area contributed by atoms with E-state index in [1.807, 2.05) is 0 Å². The van der Waals surface area contributed by atoms with Crippen molar-refractivity contribution in [2.75, 3.05) is 0 Å². The molecule has 0 saturated carbocycles. The van der Waals surface area contributed by atoms with Crippen molar-refractivity contribution in [2.24, 2.45) is 0 Å². The Morgan fingerprint density at radius 3 is 1.62 bits per heavy atom. The van der Waals surface area contributed by atoms with Gasteiger partial charge in [-0.2, -0.15) is 0 Å². The van der Waals surface area contributed by atoms with Gasteiger partial charge in [-0.25, -0.2) is 4.98 Å². The molecule has 0 radical (unpaired) electrons. The molecule has 0 unspecified atom stereocenters. The second kappa shape index (κ2) is 19.7. The van der Waals surface area contributed by atoms with Crippen molar-refractivity contribution in [3.63, 3.8) is 0 Å². The van der Waals surface area contributed by atoms with Crippen molar-refractivity contribution in [2.45, 2.75) is 149 Å². The van der Waals surface area contributed by atoms with Crippen LogP contribution < -0.4 is 0 Å². The molecule has 34 heavy (non-hydrogen) atoms. The Hall–Kier alpha value is -1.57. The Morgan fingerprint density at radius 1 is 0.559 bits per heavy atom. The molecular formula is C32H54N2. The molecule has 1 aromatic carbocycles. The van der Waals surface area contributed by atoms with E-state index in [0.717, 1.165) is 25.8 Å². The average molecular weight is 467 g/mol. The van der Waals surface area contributed by atoms with Crippen molar-refractivity contribution in [3.8, 4) is 0 Å². The Balaban J connectivity index is 1.43. The lowest BCUT2D eigenvalue weighted by molar-refractivity contribution is 0.527. The number of hydrogen-bond donors (Lipinski definition) is 0. The zero-order valence-electron chi connectivity index (χ0n) is 22.7. The van der Waals surface area contributed by atoms with E-state index in [1.165, 1.54) is 126 Å². The normalized spacial score (nSPS) is 11.4. The fraction of sp³-hybridized carbons (Fsp3) is 0.719. The highest BCUT2D eigenvalue weighted by molar-refractivity contribution is 5.15. The molecule has 0 aliphatic heterocycles. The first-order valence-corrected chi connectivity index (χ1v) is 14.9. The quantitative estimate of drug-likeness (QED) is 0.158. The monoisotopic (exact) mass is 466 g/mol. The minimum absolute atomic E-state index is 1.04. The molecule has 0 atom stereocenters. The molecule has 2 aromatic rings. The third kappa shape index (κ3) is 13.4. The molecule has 0 N–H and O–H groups in total. The molecular weight excluding hydrogens is 412 g/mol. The number of aryl methyl sites for hydroxylation is 4. The minimum Gasteiger partial charge on any atom is -0.335 e. The summed E-state index contributed by atoms with van der Waals surface area (Å²) in [7, 11) is 0. The summed E-state index contributed by atoms with van der Waals surface area (Å²) in [4.78, 5) is 4.98. The summed E-state index contributed by atoms with van der Waals surface area (Å²) in [6.07, 6.45) is 29.7. The Kier molecular flexibility index (Phi) is 16.6. The van der Waals surface area contributed by atoms with Crippen molar-refractivity contribution in [3.05, 3.63) is 53.6 Å². The molecule has 1 heterocycles. The van der Waals surface area contributed by atoms with Gasteiger partial charge in [0.1, 0.15) is 5.82 Å². The van der Waals surface area contributed by atoms with Crippen LogP contribution in [-0.4, -0.2) is 9.55 Å². The van der Waals surface area contributed by atoms with E-state index >= 15 is 0 Å². The van der Waals surface area contributed by atoms with Gasteiger partial charge in [0.25, 0.3) is 0 Å². The first-order chi connectivity index (χ1) is 16.8. The largest absolute Gasteiger partial charge is 0.335 e. The van der Waals surface area contributed by atoms with Crippen LogP contribution in [0.2, 0.25) is 0 Å². The van der Waals surface area contributed by atoms with Crippen LogP contribution >= 0.6 is 0 Å². The zero-order chi connectivity index (χ0) is 24.1. The van der Waals surface area contributed by atoms with E-state index < -0.39 is 0 Å². The average Bonchev–Trinajstić information content (AvgIpc) is 3.26. The first kappa shape index (κ1) is 28.7. The summed E-state index contributed by atoms with van der Waals surface area (Å²) >= 11 is 0. The molecule has 0 aliphatic rings. The maximum atomic E-state index is 4.98. The lowest BCUT2D eigenvalue weighted by Crippen LogP contribution is -2.00. The first-order valence-electron chi connectivity index (χ1n) is 14.9. The highest BCUT2D eigenvalue weighted by atomic mass is 15.1. The van der Waals surface area contributed by atoms with Crippen molar-refractivity contribution < 1.29 is 0 Å². The molecule has 2 heteroatoms. The summed E-state index contributed by atoms with van der Waals surface area (Å²) < 4.78 is 2.38. The van der Waals surface area contributed by atoms with Gasteiger partial charge in [0.15, 0.2) is 0 Å². The SMILES string of the molecule is CCCCCCCCCCCCCCCCCCc1nc(CCCc2ccccc2)cn1CC. The van der Waals surface area contributed by atoms with E-state index in [-0.39, 0.29) is 0 Å². The summed E-state index contributed by atoms with van der Waals surface area (Å²) in [5, 5.41) is 0. The second-order valence-electron chi connectivity index (χ2n) is 10.3.